The molecule has 5 nitrogen and oxygen atoms in total. The van der Waals surface area contributed by atoms with E-state index in [0.29, 0.717) is 0 Å². The lowest BCUT2D eigenvalue weighted by molar-refractivity contribution is -0.176. The Morgan fingerprint density at radius 2 is 1.60 bits per heavy atom. The normalized spacial score (nSPS) is 19.7. The van der Waals surface area contributed by atoms with Crippen molar-refractivity contribution in [3.8, 4) is 5.75 Å². The molecule has 160 valence electrons. The van der Waals surface area contributed by atoms with Crippen molar-refractivity contribution in [1.29, 1.82) is 0 Å². The number of esters is 1. The Balaban J connectivity index is 2.14. The molecule has 30 heavy (non-hydrogen) atoms. The molecule has 10 heteroatoms. The van der Waals surface area contributed by atoms with Crippen LogP contribution in [0.25, 0.3) is 5.57 Å². The van der Waals surface area contributed by atoms with Crippen LogP contribution >= 0.6 is 0 Å². The molecule has 0 N–H and O–H groups in total. The third-order valence-corrected chi connectivity index (χ3v) is 5.53. The molecule has 1 aliphatic rings. The highest BCUT2D eigenvalue weighted by Crippen LogP contribution is 2.46. The van der Waals surface area contributed by atoms with Crippen molar-refractivity contribution in [3.05, 3.63) is 65.7 Å². The van der Waals surface area contributed by atoms with Crippen LogP contribution in [0.2, 0.25) is 0 Å². The van der Waals surface area contributed by atoms with E-state index in [9.17, 15) is 30.8 Å². The van der Waals surface area contributed by atoms with E-state index >= 15 is 0 Å². The fraction of sp³-hybridized carbons (Fsp3) is 0.250. The molecule has 0 bridgehead atoms. The van der Waals surface area contributed by atoms with Gasteiger partial charge in [0, 0.05) is 6.26 Å². The Labute approximate surface area is 169 Å². The number of halogens is 4. The molecule has 0 saturated heterocycles. The van der Waals surface area contributed by atoms with Gasteiger partial charge in [-0.05, 0) is 48.9 Å². The van der Waals surface area contributed by atoms with E-state index in [1.165, 1.54) is 36.4 Å². The Morgan fingerprint density at radius 3 is 2.10 bits per heavy atom. The van der Waals surface area contributed by atoms with Crippen molar-refractivity contribution in [2.24, 2.45) is 0 Å². The third kappa shape index (κ3) is 4.64. The molecule has 0 aromatic heterocycles. The number of sulfone groups is 1. The summed E-state index contributed by atoms with van der Waals surface area (Å²) in [5.41, 5.74) is -2.16. The van der Waals surface area contributed by atoms with Crippen LogP contribution in [-0.4, -0.2) is 32.4 Å². The second-order valence-corrected chi connectivity index (χ2v) is 8.98. The van der Waals surface area contributed by atoms with Gasteiger partial charge in [-0.15, -0.1) is 0 Å². The van der Waals surface area contributed by atoms with Crippen molar-refractivity contribution >= 4 is 21.4 Å². The van der Waals surface area contributed by atoms with Crippen LogP contribution in [-0.2, 0) is 19.4 Å². The molecular formula is C20H16F4O5S. The maximum atomic E-state index is 13.2. The molecule has 2 aromatic carbocycles. The van der Waals surface area contributed by atoms with Gasteiger partial charge in [0.15, 0.2) is 9.84 Å². The van der Waals surface area contributed by atoms with Gasteiger partial charge >= 0.3 is 12.1 Å². The van der Waals surface area contributed by atoms with Crippen molar-refractivity contribution in [2.75, 3.05) is 6.26 Å². The van der Waals surface area contributed by atoms with E-state index in [0.717, 1.165) is 25.3 Å². The molecule has 1 aliphatic heterocycles. The molecule has 1 atom stereocenters. The predicted molar refractivity (Wildman–Crippen MR) is 98.7 cm³/mol. The quantitative estimate of drug-likeness (QED) is 0.509. The van der Waals surface area contributed by atoms with E-state index in [4.69, 9.17) is 9.47 Å². The summed E-state index contributed by atoms with van der Waals surface area (Å²) in [7, 11) is -3.54. The molecule has 0 amide bonds. The number of hydrogen-bond donors (Lipinski definition) is 0. The van der Waals surface area contributed by atoms with E-state index < -0.39 is 45.6 Å². The van der Waals surface area contributed by atoms with Gasteiger partial charge in [0.2, 0.25) is 5.76 Å². The number of alkyl halides is 3. The first kappa shape index (κ1) is 21.8. The van der Waals surface area contributed by atoms with Crippen molar-refractivity contribution in [1.82, 2.24) is 0 Å². The fourth-order valence-corrected chi connectivity index (χ4v) is 3.80. The van der Waals surface area contributed by atoms with Gasteiger partial charge in [-0.3, -0.25) is 0 Å². The highest BCUT2D eigenvalue weighted by atomic mass is 32.2. The number of carbonyl (C=O) groups is 1. The summed E-state index contributed by atoms with van der Waals surface area (Å²) < 4.78 is 86.6. The Morgan fingerprint density at radius 1 is 1.03 bits per heavy atom. The second kappa shape index (κ2) is 7.42. The molecule has 3 rings (SSSR count). The maximum absolute atomic E-state index is 13.2. The lowest BCUT2D eigenvalue weighted by atomic mass is 9.87. The van der Waals surface area contributed by atoms with E-state index in [2.05, 4.69) is 0 Å². The molecule has 1 unspecified atom stereocenters. The summed E-state index contributed by atoms with van der Waals surface area (Å²) >= 11 is 0. The van der Waals surface area contributed by atoms with E-state index in [-0.39, 0.29) is 21.8 Å². The van der Waals surface area contributed by atoms with Crippen LogP contribution in [0, 0.1) is 5.82 Å². The lowest BCUT2D eigenvalue weighted by Crippen LogP contribution is -2.33. The van der Waals surface area contributed by atoms with Gasteiger partial charge in [0.05, 0.1) is 16.9 Å². The minimum Gasteiger partial charge on any atom is -0.449 e. The van der Waals surface area contributed by atoms with Crippen molar-refractivity contribution in [3.63, 3.8) is 0 Å². The molecule has 2 aromatic rings. The number of rotatable bonds is 5. The van der Waals surface area contributed by atoms with Gasteiger partial charge < -0.3 is 9.47 Å². The molecule has 0 spiro atoms. The van der Waals surface area contributed by atoms with Crippen LogP contribution < -0.4 is 4.74 Å². The molecule has 0 radical (unpaired) electrons. The fourth-order valence-electron chi connectivity index (χ4n) is 3.17. The van der Waals surface area contributed by atoms with Gasteiger partial charge in [-0.25, -0.2) is 17.6 Å². The molecule has 0 fully saturated rings. The lowest BCUT2D eigenvalue weighted by Gasteiger charge is -2.27. The molecule has 1 heterocycles. The summed E-state index contributed by atoms with van der Waals surface area (Å²) in [6.07, 6.45) is -5.16. The zero-order chi connectivity index (χ0) is 22.3. The van der Waals surface area contributed by atoms with Gasteiger partial charge in [-0.2, -0.15) is 13.2 Å². The average molecular weight is 444 g/mol. The summed E-state index contributed by atoms with van der Waals surface area (Å²) in [6.45, 7) is 1.10. The van der Waals surface area contributed by atoms with Crippen LogP contribution in [0.5, 0.6) is 5.75 Å². The monoisotopic (exact) mass is 444 g/mol. The Kier molecular flexibility index (Phi) is 5.40. The standard InChI is InChI=1S/C20H16F4O5S/c1-19(11-20(22,23)24)16(12-3-9-15(10-4-12)30(2,26)27)17(18(25)29-19)28-14-7-5-13(21)6-8-14/h3-10H,11H2,1-2H3. The van der Waals surface area contributed by atoms with Gasteiger partial charge in [0.1, 0.15) is 17.2 Å². The molecular weight excluding hydrogens is 428 g/mol. The Hall–Kier alpha value is -2.88. The third-order valence-electron chi connectivity index (χ3n) is 4.40. The van der Waals surface area contributed by atoms with Gasteiger partial charge in [-0.1, -0.05) is 12.1 Å². The topological polar surface area (TPSA) is 69.7 Å². The summed E-state index contributed by atoms with van der Waals surface area (Å²) in [4.78, 5) is 12.4. The minimum absolute atomic E-state index is 0.0184. The van der Waals surface area contributed by atoms with Crippen molar-refractivity contribution < 1.29 is 40.2 Å². The largest absolute Gasteiger partial charge is 0.449 e. The van der Waals surface area contributed by atoms with Crippen LogP contribution in [0.3, 0.4) is 0 Å². The maximum Gasteiger partial charge on any atom is 0.393 e. The first-order chi connectivity index (χ1) is 13.8. The summed E-state index contributed by atoms with van der Waals surface area (Å²) in [6, 6.07) is 9.51. The highest BCUT2D eigenvalue weighted by Gasteiger charge is 2.52. The predicted octanol–water partition coefficient (Wildman–Crippen LogP) is 4.29. The first-order valence-electron chi connectivity index (χ1n) is 8.57. The molecule has 0 saturated carbocycles. The van der Waals surface area contributed by atoms with Gasteiger partial charge in [0.25, 0.3) is 0 Å². The number of hydrogen-bond acceptors (Lipinski definition) is 5. The SMILES string of the molecule is CC1(CC(F)(F)F)OC(=O)C(Oc2ccc(F)cc2)=C1c1ccc(S(C)(=O)=O)cc1. The minimum atomic E-state index is -4.67. The number of cyclic esters (lactones) is 1. The second-order valence-electron chi connectivity index (χ2n) is 6.97. The number of benzene rings is 2. The Bertz CT molecular complexity index is 1100. The van der Waals surface area contributed by atoms with E-state index in [1.54, 1.807) is 0 Å². The zero-order valence-corrected chi connectivity index (χ0v) is 16.6. The number of ether oxygens (including phenoxy) is 2. The zero-order valence-electron chi connectivity index (χ0n) is 15.8. The van der Waals surface area contributed by atoms with Crippen molar-refractivity contribution in [2.45, 2.75) is 30.0 Å². The smallest absolute Gasteiger partial charge is 0.393 e. The first-order valence-corrected chi connectivity index (χ1v) is 10.5. The van der Waals surface area contributed by atoms with Crippen LogP contribution in [0.4, 0.5) is 17.6 Å². The highest BCUT2D eigenvalue weighted by molar-refractivity contribution is 7.90. The van der Waals surface area contributed by atoms with Crippen LogP contribution in [0.1, 0.15) is 18.9 Å². The number of carbonyl (C=O) groups excluding carboxylic acids is 1. The van der Waals surface area contributed by atoms with Crippen LogP contribution in [0.15, 0.2) is 59.2 Å². The summed E-state index contributed by atoms with van der Waals surface area (Å²) in [5.74, 6) is -2.15. The summed E-state index contributed by atoms with van der Waals surface area (Å²) in [5, 5.41) is 0. The van der Waals surface area contributed by atoms with E-state index in [1.807, 2.05) is 0 Å². The molecule has 0 aliphatic carbocycles. The average Bonchev–Trinajstić information content (AvgIpc) is 2.84.